The van der Waals surface area contributed by atoms with Gasteiger partial charge in [-0.2, -0.15) is 0 Å². The quantitative estimate of drug-likeness (QED) is 0.0195. The van der Waals surface area contributed by atoms with Crippen LogP contribution >= 0.6 is 0 Å². The number of aliphatic hydroxyl groups is 5. The van der Waals surface area contributed by atoms with E-state index in [4.69, 9.17) is 14.2 Å². The first kappa shape index (κ1) is 87.4. The molecule has 1 rings (SSSR count). The second kappa shape index (κ2) is 68.3. The molecule has 0 aliphatic carbocycles. The van der Waals surface area contributed by atoms with Crippen molar-refractivity contribution in [2.45, 2.75) is 429 Å². The molecule has 538 valence electrons. The van der Waals surface area contributed by atoms with Gasteiger partial charge in [0, 0.05) is 6.42 Å². The summed E-state index contributed by atoms with van der Waals surface area (Å²) in [6.45, 7) is 5.82. The molecule has 11 nitrogen and oxygen atoms in total. The van der Waals surface area contributed by atoms with Crippen molar-refractivity contribution in [2.24, 2.45) is 0 Å². The lowest BCUT2D eigenvalue weighted by molar-refractivity contribution is -0.305. The molecule has 1 heterocycles. The van der Waals surface area contributed by atoms with Crippen LogP contribution in [0.2, 0.25) is 0 Å². The molecule has 0 aromatic carbocycles. The van der Waals surface area contributed by atoms with Crippen LogP contribution in [0.5, 0.6) is 0 Å². The molecular formula is C81H149NO10. The summed E-state index contributed by atoms with van der Waals surface area (Å²) in [5.74, 6) is -1.18. The molecule has 92 heavy (non-hydrogen) atoms. The van der Waals surface area contributed by atoms with Crippen molar-refractivity contribution >= 4 is 11.9 Å². The van der Waals surface area contributed by atoms with Gasteiger partial charge in [-0.3, -0.25) is 9.59 Å². The zero-order chi connectivity index (χ0) is 66.7. The smallest absolute Gasteiger partial charge is 0.306 e. The Morgan fingerprint density at radius 1 is 0.424 bits per heavy atom. The van der Waals surface area contributed by atoms with Gasteiger partial charge in [-0.15, -0.1) is 0 Å². The molecule has 0 spiro atoms. The molecule has 0 bridgehead atoms. The number of hydrogen-bond acceptors (Lipinski definition) is 10. The van der Waals surface area contributed by atoms with E-state index in [0.717, 1.165) is 70.6 Å². The Kier molecular flexibility index (Phi) is 64.9. The molecule has 6 N–H and O–H groups in total. The number of carbonyl (C=O) groups excluding carboxylic acids is 2. The Bertz CT molecular complexity index is 1730. The highest BCUT2D eigenvalue weighted by Gasteiger charge is 2.47. The number of rotatable bonds is 69. The Morgan fingerprint density at radius 2 is 0.750 bits per heavy atom. The van der Waals surface area contributed by atoms with Crippen LogP contribution in [0.3, 0.4) is 0 Å². The summed E-state index contributed by atoms with van der Waals surface area (Å²) in [6.07, 6.45) is 78.4. The molecular weight excluding hydrogens is 1150 g/mol. The van der Waals surface area contributed by atoms with Crippen molar-refractivity contribution in [2.75, 3.05) is 13.2 Å². The maximum absolute atomic E-state index is 13.5. The minimum absolute atomic E-state index is 0.124. The van der Waals surface area contributed by atoms with Crippen LogP contribution in [-0.4, -0.2) is 99.6 Å². The molecule has 1 amide bonds. The van der Waals surface area contributed by atoms with Crippen molar-refractivity contribution in [3.63, 3.8) is 0 Å². The molecule has 0 aromatic heterocycles. The number of carbonyl (C=O) groups is 2. The third-order valence-corrected chi connectivity index (χ3v) is 18.6. The topological polar surface area (TPSA) is 175 Å². The highest BCUT2D eigenvalue weighted by molar-refractivity contribution is 5.80. The summed E-state index contributed by atoms with van der Waals surface area (Å²) in [5, 5.41) is 57.4. The minimum atomic E-state index is -1.61. The first-order valence-corrected chi connectivity index (χ1v) is 39.6. The van der Waals surface area contributed by atoms with Gasteiger partial charge in [0.05, 0.1) is 25.4 Å². The third kappa shape index (κ3) is 54.5. The van der Waals surface area contributed by atoms with Gasteiger partial charge in [-0.05, 0) is 89.9 Å². The van der Waals surface area contributed by atoms with E-state index in [2.05, 4.69) is 74.7 Å². The van der Waals surface area contributed by atoms with Crippen LogP contribution in [0.4, 0.5) is 0 Å². The highest BCUT2D eigenvalue weighted by Crippen LogP contribution is 2.27. The van der Waals surface area contributed by atoms with E-state index in [1.54, 1.807) is 6.08 Å². The lowest BCUT2D eigenvalue weighted by atomic mass is 9.99. The van der Waals surface area contributed by atoms with Crippen molar-refractivity contribution in [3.05, 3.63) is 60.8 Å². The average molecular weight is 1300 g/mol. The van der Waals surface area contributed by atoms with Crippen molar-refractivity contribution in [3.8, 4) is 0 Å². The molecule has 8 atom stereocenters. The largest absolute Gasteiger partial charge is 0.454 e. The highest BCUT2D eigenvalue weighted by atomic mass is 16.7. The average Bonchev–Trinajstić information content (AvgIpc) is 0.875. The van der Waals surface area contributed by atoms with Gasteiger partial charge in [-0.1, -0.05) is 345 Å². The van der Waals surface area contributed by atoms with E-state index >= 15 is 0 Å². The summed E-state index contributed by atoms with van der Waals surface area (Å²) in [6, 6.07) is -1.02. The summed E-state index contributed by atoms with van der Waals surface area (Å²) >= 11 is 0. The van der Waals surface area contributed by atoms with E-state index in [0.29, 0.717) is 19.3 Å². The van der Waals surface area contributed by atoms with Gasteiger partial charge in [-0.25, -0.2) is 0 Å². The van der Waals surface area contributed by atoms with E-state index in [9.17, 15) is 35.1 Å². The second-order valence-corrected chi connectivity index (χ2v) is 27.4. The molecule has 1 saturated heterocycles. The molecule has 11 heteroatoms. The molecule has 8 unspecified atom stereocenters. The molecule has 1 fully saturated rings. The number of hydrogen-bond donors (Lipinski definition) is 6. The van der Waals surface area contributed by atoms with E-state index in [1.165, 1.54) is 263 Å². The zero-order valence-corrected chi connectivity index (χ0v) is 60.2. The summed E-state index contributed by atoms with van der Waals surface area (Å²) in [5.41, 5.74) is 0. The van der Waals surface area contributed by atoms with Gasteiger partial charge in [0.1, 0.15) is 24.4 Å². The van der Waals surface area contributed by atoms with Crippen molar-refractivity contribution in [1.82, 2.24) is 5.32 Å². The lowest BCUT2D eigenvalue weighted by Gasteiger charge is -2.41. The number of allylic oxidation sites excluding steroid dienone is 9. The van der Waals surface area contributed by atoms with Crippen molar-refractivity contribution < 1.29 is 49.3 Å². The van der Waals surface area contributed by atoms with Crippen LogP contribution in [0, 0.1) is 0 Å². The van der Waals surface area contributed by atoms with Crippen LogP contribution in [0.25, 0.3) is 0 Å². The van der Waals surface area contributed by atoms with E-state index in [1.807, 2.05) is 6.08 Å². The van der Waals surface area contributed by atoms with Gasteiger partial charge in [0.2, 0.25) is 5.91 Å². The predicted molar refractivity (Wildman–Crippen MR) is 389 cm³/mol. The van der Waals surface area contributed by atoms with Gasteiger partial charge in [0.15, 0.2) is 12.4 Å². The molecule has 0 saturated carbocycles. The maximum Gasteiger partial charge on any atom is 0.306 e. The summed E-state index contributed by atoms with van der Waals surface area (Å²) in [7, 11) is 0. The zero-order valence-electron chi connectivity index (χ0n) is 60.2. The first-order chi connectivity index (χ1) is 45.2. The first-order valence-electron chi connectivity index (χ1n) is 39.6. The fourth-order valence-corrected chi connectivity index (χ4v) is 12.4. The Labute approximate surface area is 567 Å². The van der Waals surface area contributed by atoms with Gasteiger partial charge in [0.25, 0.3) is 0 Å². The Morgan fingerprint density at radius 3 is 1.15 bits per heavy atom. The lowest BCUT2D eigenvalue weighted by Crippen LogP contribution is -2.61. The number of ether oxygens (including phenoxy) is 3. The number of esters is 1. The Hall–Kier alpha value is -2.64. The number of aliphatic hydroxyl groups excluding tert-OH is 5. The molecule has 0 aromatic rings. The fourth-order valence-electron chi connectivity index (χ4n) is 12.4. The van der Waals surface area contributed by atoms with Crippen molar-refractivity contribution in [1.29, 1.82) is 0 Å². The SMILES string of the molecule is CCCCC/C=C\C/C=C\C/C=C\CCCCCCCCCCCCCCCCC(=O)OC1C(OCC(NC(=O)C(O)CCCCCCCCCCCCCCCC/C=C/CCCCCCCC)C(O)/C=C/CCCCCCCCCCCC)OC(CO)C(O)C1O. The normalized spacial score (nSPS) is 18.2. The molecule has 1 aliphatic rings. The van der Waals surface area contributed by atoms with Gasteiger partial charge >= 0.3 is 5.97 Å². The number of nitrogens with one attached hydrogen (secondary N) is 1. The van der Waals surface area contributed by atoms with Crippen LogP contribution in [0.1, 0.15) is 380 Å². The fraction of sp³-hybridized carbons (Fsp3) is 0.852. The maximum atomic E-state index is 13.5. The van der Waals surface area contributed by atoms with Gasteiger partial charge < -0.3 is 45.1 Å². The van der Waals surface area contributed by atoms with E-state index < -0.39 is 67.4 Å². The molecule has 0 radical (unpaired) electrons. The monoisotopic (exact) mass is 1300 g/mol. The summed E-state index contributed by atoms with van der Waals surface area (Å²) in [4.78, 5) is 26.8. The number of unbranched alkanes of at least 4 members (excludes halogenated alkanes) is 47. The predicted octanol–water partition coefficient (Wildman–Crippen LogP) is 21.2. The standard InChI is InChI=1S/C81H149NO10/c1-4-7-10-13-16-19-22-25-27-29-31-33-35-37-38-39-41-43-45-47-49-51-54-57-60-63-66-69-76(86)92-79-78(88)77(87)75(70-83)91-81(79)90-71-72(73(84)67-64-61-58-55-52-24-21-18-15-12-9-6-3)82-80(89)74(85)68-65-62-59-56-53-50-48-46-44-42-40-36-34-32-30-28-26-23-20-17-14-11-8-5-2/h16,19,25-28,31,33,64,67,72-75,77-79,81,83-85,87-88H,4-15,17-18,20-24,29-30,32,34-63,65-66,68-71H2,1-3H3,(H,82,89)/b19-16-,27-25-,28-26+,33-31-,67-64+. The minimum Gasteiger partial charge on any atom is -0.454 e. The van der Waals surface area contributed by atoms with Crippen LogP contribution in [0.15, 0.2) is 60.8 Å². The third-order valence-electron chi connectivity index (χ3n) is 18.6. The second-order valence-electron chi connectivity index (χ2n) is 27.4. The van der Waals surface area contributed by atoms with Crippen LogP contribution in [-0.2, 0) is 23.8 Å². The van der Waals surface area contributed by atoms with E-state index in [-0.39, 0.29) is 13.0 Å². The number of amides is 1. The summed E-state index contributed by atoms with van der Waals surface area (Å²) < 4.78 is 17.8. The van der Waals surface area contributed by atoms with Crippen LogP contribution < -0.4 is 5.32 Å². The molecule has 1 aliphatic heterocycles. The Balaban J connectivity index is 2.49.